The molecule has 7 heteroatoms. The number of fused-ring (bicyclic) bond motifs is 1. The molecule has 1 saturated heterocycles. The zero-order valence-electron chi connectivity index (χ0n) is 21.0. The first kappa shape index (κ1) is 24.3. The van der Waals surface area contributed by atoms with Crippen molar-refractivity contribution in [2.75, 3.05) is 12.4 Å². The lowest BCUT2D eigenvalue weighted by Gasteiger charge is -2.34. The third kappa shape index (κ3) is 4.97. The van der Waals surface area contributed by atoms with Gasteiger partial charge < -0.3 is 20.3 Å². The van der Waals surface area contributed by atoms with Crippen LogP contribution in [0.5, 0.6) is 5.75 Å². The minimum Gasteiger partial charge on any atom is -0.496 e. The van der Waals surface area contributed by atoms with Crippen molar-refractivity contribution in [2.45, 2.75) is 70.0 Å². The monoisotopic (exact) mass is 489 g/mol. The van der Waals surface area contributed by atoms with Gasteiger partial charge in [-0.15, -0.1) is 0 Å². The Morgan fingerprint density at radius 1 is 0.944 bits per heavy atom. The summed E-state index contributed by atoms with van der Waals surface area (Å²) in [5.41, 5.74) is 2.22. The number of nitrogens with zero attached hydrogens (tertiary/aromatic N) is 1. The van der Waals surface area contributed by atoms with Crippen LogP contribution in [0.2, 0.25) is 0 Å². The molecule has 7 nitrogen and oxygen atoms in total. The summed E-state index contributed by atoms with van der Waals surface area (Å²) in [6.45, 7) is 1.95. The quantitative estimate of drug-likeness (QED) is 0.590. The molecule has 2 N–H and O–H groups in total. The molecule has 0 bridgehead atoms. The van der Waals surface area contributed by atoms with Gasteiger partial charge in [0.05, 0.1) is 18.7 Å². The molecule has 0 aromatic heterocycles. The van der Waals surface area contributed by atoms with E-state index in [-0.39, 0.29) is 35.7 Å². The molecular weight excluding hydrogens is 454 g/mol. The van der Waals surface area contributed by atoms with Crippen molar-refractivity contribution in [1.29, 1.82) is 0 Å². The first-order chi connectivity index (χ1) is 17.5. The number of carbonyl (C=O) groups is 3. The lowest BCUT2D eigenvalue weighted by atomic mass is 9.84. The van der Waals surface area contributed by atoms with E-state index in [0.29, 0.717) is 23.7 Å². The number of para-hydroxylation sites is 1. The van der Waals surface area contributed by atoms with Crippen molar-refractivity contribution in [1.82, 2.24) is 10.2 Å². The van der Waals surface area contributed by atoms with Gasteiger partial charge in [0.1, 0.15) is 11.8 Å². The molecule has 2 aromatic rings. The molecule has 0 spiro atoms. The normalized spacial score (nSPS) is 23.9. The summed E-state index contributed by atoms with van der Waals surface area (Å²) in [6, 6.07) is 14.2. The second-order valence-electron chi connectivity index (χ2n) is 10.4. The highest BCUT2D eigenvalue weighted by Crippen LogP contribution is 2.41. The minimum absolute atomic E-state index is 0.0756. The van der Waals surface area contributed by atoms with Crippen molar-refractivity contribution in [2.24, 2.45) is 11.8 Å². The molecular formula is C29H35N3O4. The van der Waals surface area contributed by atoms with E-state index in [1.807, 2.05) is 48.2 Å². The standard InChI is InChI=1S/C29H35N3O4/c1-18(19-13-15-22(16-14-19)31-27(33)20-11-12-20)30-28(34)25-17-21-7-3-5-9-24(21)32(25)29(35)23-8-4-6-10-26(23)36-2/h4,6,8,10,13-16,18,20-21,24-25H,3,5,7,9,11-12,17H2,1-2H3,(H,30,34)(H,31,33). The summed E-state index contributed by atoms with van der Waals surface area (Å²) in [4.78, 5) is 41.2. The van der Waals surface area contributed by atoms with Gasteiger partial charge in [-0.25, -0.2) is 0 Å². The zero-order chi connectivity index (χ0) is 25.2. The maximum atomic E-state index is 13.8. The molecule has 4 atom stereocenters. The van der Waals surface area contributed by atoms with E-state index in [4.69, 9.17) is 4.74 Å². The van der Waals surface area contributed by atoms with Crippen molar-refractivity contribution >= 4 is 23.4 Å². The van der Waals surface area contributed by atoms with Crippen LogP contribution in [-0.4, -0.2) is 41.8 Å². The molecule has 5 rings (SSSR count). The summed E-state index contributed by atoms with van der Waals surface area (Å²) in [5.74, 6) is 0.851. The second-order valence-corrected chi connectivity index (χ2v) is 10.4. The van der Waals surface area contributed by atoms with E-state index in [9.17, 15) is 14.4 Å². The van der Waals surface area contributed by atoms with Gasteiger partial charge in [-0.1, -0.05) is 37.1 Å². The van der Waals surface area contributed by atoms with Gasteiger partial charge in [0.2, 0.25) is 11.8 Å². The van der Waals surface area contributed by atoms with E-state index >= 15 is 0 Å². The molecule has 3 fully saturated rings. The number of amides is 3. The van der Waals surface area contributed by atoms with E-state index in [2.05, 4.69) is 10.6 Å². The third-order valence-electron chi connectivity index (χ3n) is 7.95. The SMILES string of the molecule is COc1ccccc1C(=O)N1C(C(=O)NC(C)c2ccc(NC(=O)C3CC3)cc2)CC2CCCCC21. The number of nitrogens with one attached hydrogen (secondary N) is 2. The van der Waals surface area contributed by atoms with Crippen LogP contribution in [0, 0.1) is 11.8 Å². The Morgan fingerprint density at radius 3 is 2.39 bits per heavy atom. The Balaban J connectivity index is 1.30. The molecule has 1 heterocycles. The Kier molecular flexibility index (Phi) is 6.99. The fourth-order valence-electron chi connectivity index (χ4n) is 5.78. The number of hydrogen-bond acceptors (Lipinski definition) is 4. The van der Waals surface area contributed by atoms with Gasteiger partial charge in [-0.3, -0.25) is 14.4 Å². The number of hydrogen-bond donors (Lipinski definition) is 2. The highest BCUT2D eigenvalue weighted by Gasteiger charge is 2.48. The fourth-order valence-corrected chi connectivity index (χ4v) is 5.78. The van der Waals surface area contributed by atoms with Crippen LogP contribution < -0.4 is 15.4 Å². The summed E-state index contributed by atoms with van der Waals surface area (Å²) in [6.07, 6.45) is 6.82. The van der Waals surface area contributed by atoms with Crippen LogP contribution in [0.1, 0.15) is 73.8 Å². The first-order valence-electron chi connectivity index (χ1n) is 13.1. The van der Waals surface area contributed by atoms with Gasteiger partial charge in [0.25, 0.3) is 5.91 Å². The van der Waals surface area contributed by atoms with Gasteiger partial charge >= 0.3 is 0 Å². The molecule has 2 aliphatic carbocycles. The van der Waals surface area contributed by atoms with Crippen molar-refractivity contribution in [3.8, 4) is 5.75 Å². The number of ether oxygens (including phenoxy) is 1. The Labute approximate surface area is 212 Å². The fraction of sp³-hybridized carbons (Fsp3) is 0.483. The van der Waals surface area contributed by atoms with E-state index in [1.165, 1.54) is 0 Å². The maximum Gasteiger partial charge on any atom is 0.258 e. The van der Waals surface area contributed by atoms with E-state index in [0.717, 1.165) is 49.8 Å². The molecule has 1 aliphatic heterocycles. The molecule has 3 amide bonds. The summed E-state index contributed by atoms with van der Waals surface area (Å²) in [5, 5.41) is 6.10. The third-order valence-corrected chi connectivity index (χ3v) is 7.95. The van der Waals surface area contributed by atoms with Gasteiger partial charge in [0.15, 0.2) is 0 Å². The summed E-state index contributed by atoms with van der Waals surface area (Å²) < 4.78 is 5.46. The highest BCUT2D eigenvalue weighted by atomic mass is 16.5. The number of rotatable bonds is 7. The molecule has 3 aliphatic rings. The lowest BCUT2D eigenvalue weighted by Crippen LogP contribution is -2.50. The van der Waals surface area contributed by atoms with Crippen LogP contribution in [0.25, 0.3) is 0 Å². The lowest BCUT2D eigenvalue weighted by molar-refractivity contribution is -0.125. The molecule has 4 unspecified atom stereocenters. The van der Waals surface area contributed by atoms with E-state index < -0.39 is 6.04 Å². The molecule has 0 radical (unpaired) electrons. The van der Waals surface area contributed by atoms with Crippen LogP contribution in [0.4, 0.5) is 5.69 Å². The highest BCUT2D eigenvalue weighted by molar-refractivity contribution is 6.00. The topological polar surface area (TPSA) is 87.7 Å². The smallest absolute Gasteiger partial charge is 0.258 e. The number of carbonyl (C=O) groups excluding carboxylic acids is 3. The first-order valence-corrected chi connectivity index (χ1v) is 13.1. The van der Waals surface area contributed by atoms with E-state index in [1.54, 1.807) is 19.2 Å². The van der Waals surface area contributed by atoms with Crippen LogP contribution in [0.15, 0.2) is 48.5 Å². The average molecular weight is 490 g/mol. The second kappa shape index (κ2) is 10.3. The zero-order valence-corrected chi connectivity index (χ0v) is 21.0. The molecule has 36 heavy (non-hydrogen) atoms. The Bertz CT molecular complexity index is 1130. The predicted octanol–water partition coefficient (Wildman–Crippen LogP) is 4.69. The maximum absolute atomic E-state index is 13.8. The molecule has 2 aromatic carbocycles. The molecule has 190 valence electrons. The predicted molar refractivity (Wildman–Crippen MR) is 138 cm³/mol. The Morgan fingerprint density at radius 2 is 1.67 bits per heavy atom. The van der Waals surface area contributed by atoms with Gasteiger partial charge in [-0.2, -0.15) is 0 Å². The van der Waals surface area contributed by atoms with Crippen LogP contribution in [0.3, 0.4) is 0 Å². The van der Waals surface area contributed by atoms with Crippen molar-refractivity contribution in [3.63, 3.8) is 0 Å². The van der Waals surface area contributed by atoms with Crippen molar-refractivity contribution in [3.05, 3.63) is 59.7 Å². The summed E-state index contributed by atoms with van der Waals surface area (Å²) >= 11 is 0. The summed E-state index contributed by atoms with van der Waals surface area (Å²) in [7, 11) is 1.56. The number of methoxy groups -OCH3 is 1. The number of likely N-dealkylation sites (tertiary alicyclic amines) is 1. The van der Waals surface area contributed by atoms with Crippen LogP contribution >= 0.6 is 0 Å². The molecule has 2 saturated carbocycles. The Hall–Kier alpha value is -3.35. The largest absolute Gasteiger partial charge is 0.496 e. The van der Waals surface area contributed by atoms with Crippen LogP contribution in [-0.2, 0) is 9.59 Å². The number of benzene rings is 2. The number of anilines is 1. The minimum atomic E-state index is -0.505. The average Bonchev–Trinajstić information content (AvgIpc) is 3.68. The van der Waals surface area contributed by atoms with Gasteiger partial charge in [0, 0.05) is 17.6 Å². The van der Waals surface area contributed by atoms with Crippen molar-refractivity contribution < 1.29 is 19.1 Å². The van der Waals surface area contributed by atoms with Gasteiger partial charge in [-0.05, 0) is 74.8 Å².